The molecule has 1 aromatic carbocycles. The van der Waals surface area contributed by atoms with Crippen molar-refractivity contribution in [1.82, 2.24) is 10.2 Å². The van der Waals surface area contributed by atoms with E-state index < -0.39 is 0 Å². The van der Waals surface area contributed by atoms with Crippen molar-refractivity contribution in [3.05, 3.63) is 46.5 Å². The van der Waals surface area contributed by atoms with Crippen LogP contribution in [0.3, 0.4) is 0 Å². The topological polar surface area (TPSA) is 57.8 Å². The average Bonchev–Trinajstić information content (AvgIpc) is 2.65. The first-order valence-electron chi connectivity index (χ1n) is 5.58. The molecule has 1 amide bonds. The van der Waals surface area contributed by atoms with Crippen LogP contribution in [0.15, 0.2) is 18.2 Å². The summed E-state index contributed by atoms with van der Waals surface area (Å²) in [7, 11) is 0. The molecule has 0 spiro atoms. The largest absolute Gasteiger partial charge is 0.322 e. The quantitative estimate of drug-likeness (QED) is 0.857. The molecular formula is C13H14FN3O. The van der Waals surface area contributed by atoms with Gasteiger partial charge in [-0.1, -0.05) is 6.07 Å². The fraction of sp³-hybridized carbons (Fsp3) is 0.231. The second kappa shape index (κ2) is 4.60. The lowest BCUT2D eigenvalue weighted by molar-refractivity contribution is 0.102. The molecule has 0 aliphatic heterocycles. The third-order valence-electron chi connectivity index (χ3n) is 2.87. The summed E-state index contributed by atoms with van der Waals surface area (Å²) in [6, 6.07) is 4.59. The van der Waals surface area contributed by atoms with E-state index >= 15 is 0 Å². The van der Waals surface area contributed by atoms with Crippen molar-refractivity contribution < 1.29 is 9.18 Å². The molecule has 0 aliphatic rings. The Morgan fingerprint density at radius 3 is 2.67 bits per heavy atom. The average molecular weight is 247 g/mol. The molecule has 0 saturated carbocycles. The van der Waals surface area contributed by atoms with Gasteiger partial charge in [0.1, 0.15) is 5.82 Å². The summed E-state index contributed by atoms with van der Waals surface area (Å²) >= 11 is 0. The number of hydrogen-bond donors (Lipinski definition) is 2. The van der Waals surface area contributed by atoms with Crippen LogP contribution in [0.25, 0.3) is 0 Å². The van der Waals surface area contributed by atoms with Crippen molar-refractivity contribution >= 4 is 11.6 Å². The zero-order valence-electron chi connectivity index (χ0n) is 10.5. The van der Waals surface area contributed by atoms with E-state index in [-0.39, 0.29) is 11.7 Å². The summed E-state index contributed by atoms with van der Waals surface area (Å²) in [5, 5.41) is 9.40. The molecule has 0 radical (unpaired) electrons. The third kappa shape index (κ3) is 2.11. The molecule has 2 aromatic rings. The third-order valence-corrected chi connectivity index (χ3v) is 2.87. The lowest BCUT2D eigenvalue weighted by atomic mass is 10.1. The molecule has 0 aliphatic carbocycles. The second-order valence-electron chi connectivity index (χ2n) is 4.18. The molecule has 1 aromatic heterocycles. The number of anilines is 1. The van der Waals surface area contributed by atoms with Crippen LogP contribution in [-0.2, 0) is 0 Å². The lowest BCUT2D eigenvalue weighted by Gasteiger charge is -2.08. The van der Waals surface area contributed by atoms with Gasteiger partial charge in [-0.15, -0.1) is 0 Å². The van der Waals surface area contributed by atoms with Crippen molar-refractivity contribution in [3.63, 3.8) is 0 Å². The van der Waals surface area contributed by atoms with Crippen LogP contribution in [0.1, 0.15) is 27.3 Å². The van der Waals surface area contributed by atoms with E-state index in [4.69, 9.17) is 0 Å². The van der Waals surface area contributed by atoms with E-state index in [1.54, 1.807) is 32.9 Å². The van der Waals surface area contributed by atoms with Crippen LogP contribution < -0.4 is 5.32 Å². The molecule has 1 heterocycles. The van der Waals surface area contributed by atoms with Gasteiger partial charge in [0, 0.05) is 16.9 Å². The maximum Gasteiger partial charge on any atom is 0.259 e. The molecule has 18 heavy (non-hydrogen) atoms. The molecule has 0 bridgehead atoms. The molecule has 4 nitrogen and oxygen atoms in total. The van der Waals surface area contributed by atoms with Gasteiger partial charge < -0.3 is 5.32 Å². The summed E-state index contributed by atoms with van der Waals surface area (Å²) in [6.45, 7) is 5.14. The standard InChI is InChI=1S/C13H14FN3O/c1-7-10(14)5-4-6-11(7)15-13(18)12-8(2)16-17-9(12)3/h4-6H,1-3H3,(H,15,18)(H,16,17). The highest BCUT2D eigenvalue weighted by molar-refractivity contribution is 6.06. The predicted molar refractivity (Wildman–Crippen MR) is 67.2 cm³/mol. The van der Waals surface area contributed by atoms with Crippen LogP contribution >= 0.6 is 0 Å². The molecule has 0 saturated heterocycles. The minimum Gasteiger partial charge on any atom is -0.322 e. The molecule has 0 fully saturated rings. The first-order valence-corrected chi connectivity index (χ1v) is 5.58. The van der Waals surface area contributed by atoms with E-state index in [0.717, 1.165) is 0 Å². The summed E-state index contributed by atoms with van der Waals surface area (Å²) in [5.74, 6) is -0.624. The molecule has 94 valence electrons. The van der Waals surface area contributed by atoms with Crippen molar-refractivity contribution in [3.8, 4) is 0 Å². The maximum absolute atomic E-state index is 13.4. The molecule has 5 heteroatoms. The summed E-state index contributed by atoms with van der Waals surface area (Å²) < 4.78 is 13.4. The number of aromatic nitrogens is 2. The van der Waals surface area contributed by atoms with Gasteiger partial charge in [-0.2, -0.15) is 5.10 Å². The Hall–Kier alpha value is -2.17. The SMILES string of the molecule is Cc1n[nH]c(C)c1C(=O)Nc1cccc(F)c1C. The van der Waals surface area contributed by atoms with Crippen molar-refractivity contribution in [2.45, 2.75) is 20.8 Å². The number of nitrogens with zero attached hydrogens (tertiary/aromatic N) is 1. The number of hydrogen-bond acceptors (Lipinski definition) is 2. The van der Waals surface area contributed by atoms with Gasteiger partial charge >= 0.3 is 0 Å². The molecular weight excluding hydrogens is 233 g/mol. The molecule has 0 atom stereocenters. The van der Waals surface area contributed by atoms with E-state index in [0.29, 0.717) is 28.2 Å². The van der Waals surface area contributed by atoms with Crippen LogP contribution in [0, 0.1) is 26.6 Å². The number of aromatic amines is 1. The van der Waals surface area contributed by atoms with Crippen LogP contribution in [0.4, 0.5) is 10.1 Å². The number of rotatable bonds is 2. The Kier molecular flexibility index (Phi) is 3.14. The summed E-state index contributed by atoms with van der Waals surface area (Å²) in [4.78, 5) is 12.1. The number of aryl methyl sites for hydroxylation is 2. The fourth-order valence-electron chi connectivity index (χ4n) is 1.81. The number of carbonyl (C=O) groups excluding carboxylic acids is 1. The molecule has 0 unspecified atom stereocenters. The maximum atomic E-state index is 13.4. The first kappa shape index (κ1) is 12.3. The van der Waals surface area contributed by atoms with E-state index in [9.17, 15) is 9.18 Å². The van der Waals surface area contributed by atoms with Gasteiger partial charge in [0.05, 0.1) is 11.3 Å². The number of H-pyrrole nitrogens is 1. The highest BCUT2D eigenvalue weighted by Crippen LogP contribution is 2.19. The van der Waals surface area contributed by atoms with Gasteiger partial charge in [0.2, 0.25) is 0 Å². The smallest absolute Gasteiger partial charge is 0.259 e. The van der Waals surface area contributed by atoms with E-state index in [1.165, 1.54) is 6.07 Å². The first-order chi connectivity index (χ1) is 8.50. The van der Waals surface area contributed by atoms with Crippen LogP contribution in [0.2, 0.25) is 0 Å². The monoisotopic (exact) mass is 247 g/mol. The normalized spacial score (nSPS) is 10.4. The predicted octanol–water partition coefficient (Wildman–Crippen LogP) is 2.73. The lowest BCUT2D eigenvalue weighted by Crippen LogP contribution is -2.14. The minimum atomic E-state index is -0.339. The van der Waals surface area contributed by atoms with E-state index in [2.05, 4.69) is 15.5 Å². The van der Waals surface area contributed by atoms with Gasteiger partial charge in [-0.3, -0.25) is 9.89 Å². The van der Waals surface area contributed by atoms with Crippen molar-refractivity contribution in [2.75, 3.05) is 5.32 Å². The number of nitrogens with one attached hydrogen (secondary N) is 2. The summed E-state index contributed by atoms with van der Waals surface area (Å²) in [6.07, 6.45) is 0. The fourth-order valence-corrected chi connectivity index (χ4v) is 1.81. The Morgan fingerprint density at radius 2 is 2.06 bits per heavy atom. The van der Waals surface area contributed by atoms with Crippen LogP contribution in [0.5, 0.6) is 0 Å². The van der Waals surface area contributed by atoms with Crippen molar-refractivity contribution in [2.24, 2.45) is 0 Å². The van der Waals surface area contributed by atoms with E-state index in [1.807, 2.05) is 0 Å². The second-order valence-corrected chi connectivity index (χ2v) is 4.18. The highest BCUT2D eigenvalue weighted by atomic mass is 19.1. The molecule has 2 N–H and O–H groups in total. The van der Waals surface area contributed by atoms with Gasteiger partial charge in [0.15, 0.2) is 0 Å². The Labute approximate surface area is 104 Å². The number of halogens is 1. The minimum absolute atomic E-state index is 0.285. The Balaban J connectivity index is 2.30. The highest BCUT2D eigenvalue weighted by Gasteiger charge is 2.16. The van der Waals surface area contributed by atoms with Crippen molar-refractivity contribution in [1.29, 1.82) is 0 Å². The van der Waals surface area contributed by atoms with Gasteiger partial charge in [-0.25, -0.2) is 4.39 Å². The summed E-state index contributed by atoms with van der Waals surface area (Å²) in [5.41, 5.74) is 2.71. The van der Waals surface area contributed by atoms with Gasteiger partial charge in [-0.05, 0) is 32.9 Å². The Morgan fingerprint density at radius 1 is 1.33 bits per heavy atom. The zero-order valence-corrected chi connectivity index (χ0v) is 10.5. The number of carbonyl (C=O) groups is 1. The Bertz CT molecular complexity index is 585. The van der Waals surface area contributed by atoms with Crippen LogP contribution in [-0.4, -0.2) is 16.1 Å². The number of amides is 1. The number of benzene rings is 1. The molecule has 2 rings (SSSR count). The zero-order chi connectivity index (χ0) is 13.3. The van der Waals surface area contributed by atoms with Gasteiger partial charge in [0.25, 0.3) is 5.91 Å².